The van der Waals surface area contributed by atoms with Crippen molar-refractivity contribution in [3.8, 4) is 5.75 Å². The number of halogens is 1. The maximum atomic E-state index is 12.4. The van der Waals surface area contributed by atoms with E-state index in [1.165, 1.54) is 12.8 Å². The van der Waals surface area contributed by atoms with Crippen molar-refractivity contribution in [1.82, 2.24) is 0 Å². The summed E-state index contributed by atoms with van der Waals surface area (Å²) in [5, 5.41) is 0. The summed E-state index contributed by atoms with van der Waals surface area (Å²) in [6, 6.07) is 5.79. The topological polar surface area (TPSA) is 48.0 Å². The number of anilines is 1. The Kier molecular flexibility index (Phi) is 8.52. The maximum absolute atomic E-state index is 12.4. The zero-order chi connectivity index (χ0) is 18.1. The number of benzene rings is 1. The molecule has 1 aromatic carbocycles. The minimum atomic E-state index is -0.427. The van der Waals surface area contributed by atoms with Gasteiger partial charge in [0.15, 0.2) is 6.29 Å². The van der Waals surface area contributed by atoms with E-state index < -0.39 is 6.29 Å². The van der Waals surface area contributed by atoms with Crippen LogP contribution >= 0.6 is 11.6 Å². The van der Waals surface area contributed by atoms with Crippen molar-refractivity contribution in [3.63, 3.8) is 0 Å². The Morgan fingerprint density at radius 2 is 2.04 bits per heavy atom. The number of nitrogens with zero attached hydrogens (tertiary/aromatic N) is 1. The number of hydrogen-bond acceptors (Lipinski definition) is 4. The van der Waals surface area contributed by atoms with Crippen LogP contribution in [-0.2, 0) is 14.3 Å². The van der Waals surface area contributed by atoms with Gasteiger partial charge in [-0.05, 0) is 25.0 Å². The van der Waals surface area contributed by atoms with Gasteiger partial charge in [0.25, 0.3) is 0 Å². The van der Waals surface area contributed by atoms with Gasteiger partial charge in [0.1, 0.15) is 11.6 Å². The van der Waals surface area contributed by atoms with Gasteiger partial charge >= 0.3 is 0 Å². The number of para-hydroxylation sites is 1. The molecule has 0 spiro atoms. The molecular weight excluding hydrogens is 342 g/mol. The van der Waals surface area contributed by atoms with Crippen molar-refractivity contribution >= 4 is 23.2 Å². The maximum Gasteiger partial charge on any atom is 0.242 e. The van der Waals surface area contributed by atoms with E-state index in [1.807, 2.05) is 25.1 Å². The summed E-state index contributed by atoms with van der Waals surface area (Å²) in [5.41, 5.74) is 1.71. The number of hydrogen-bond donors (Lipinski definition) is 0. The van der Waals surface area contributed by atoms with E-state index in [-0.39, 0.29) is 11.8 Å². The number of carbonyl (C=O) groups is 1. The van der Waals surface area contributed by atoms with Gasteiger partial charge in [-0.25, -0.2) is 0 Å². The zero-order valence-corrected chi connectivity index (χ0v) is 15.9. The van der Waals surface area contributed by atoms with Crippen LogP contribution in [0.1, 0.15) is 38.2 Å². The Labute approximate surface area is 155 Å². The highest BCUT2D eigenvalue weighted by molar-refractivity contribution is 6.29. The van der Waals surface area contributed by atoms with E-state index in [2.05, 4.69) is 6.92 Å². The number of alkyl halides is 1. The Bertz CT molecular complexity index is 546. The van der Waals surface area contributed by atoms with E-state index in [9.17, 15) is 4.79 Å². The van der Waals surface area contributed by atoms with Crippen molar-refractivity contribution < 1.29 is 19.0 Å². The molecule has 0 N–H and O–H groups in total. The van der Waals surface area contributed by atoms with E-state index >= 15 is 0 Å². The Balaban J connectivity index is 2.15. The molecular formula is C19H28ClNO4. The standard InChI is InChI=1S/C19H28ClNO4/c1-3-4-5-6-10-23-16-9-7-8-15(2)19(16)21(17(22)13-20)14-18-24-11-12-25-18/h7-9,18H,3-6,10-14H2,1-2H3. The van der Waals surface area contributed by atoms with Gasteiger partial charge in [-0.3, -0.25) is 4.79 Å². The van der Waals surface area contributed by atoms with Crippen LogP contribution in [0.15, 0.2) is 18.2 Å². The van der Waals surface area contributed by atoms with Crippen molar-refractivity contribution in [1.29, 1.82) is 0 Å². The Hall–Kier alpha value is -1.30. The number of aryl methyl sites for hydroxylation is 1. The highest BCUT2D eigenvalue weighted by Gasteiger charge is 2.27. The van der Waals surface area contributed by atoms with E-state index in [1.54, 1.807) is 4.90 Å². The first-order chi connectivity index (χ1) is 12.2. The molecule has 0 radical (unpaired) electrons. The fourth-order valence-corrected chi connectivity index (χ4v) is 3.00. The van der Waals surface area contributed by atoms with Gasteiger partial charge in [0.05, 0.1) is 32.1 Å². The van der Waals surface area contributed by atoms with Crippen LogP contribution in [0.3, 0.4) is 0 Å². The lowest BCUT2D eigenvalue weighted by Crippen LogP contribution is -2.39. The summed E-state index contributed by atoms with van der Waals surface area (Å²) < 4.78 is 17.0. The third-order valence-electron chi connectivity index (χ3n) is 4.16. The highest BCUT2D eigenvalue weighted by atomic mass is 35.5. The lowest BCUT2D eigenvalue weighted by atomic mass is 10.1. The molecule has 0 aliphatic carbocycles. The van der Waals surface area contributed by atoms with Crippen LogP contribution in [0.5, 0.6) is 5.75 Å². The van der Waals surface area contributed by atoms with Crippen molar-refractivity contribution in [2.24, 2.45) is 0 Å². The summed E-state index contributed by atoms with van der Waals surface area (Å²) >= 11 is 5.83. The van der Waals surface area contributed by atoms with Crippen LogP contribution in [0, 0.1) is 6.92 Å². The first kappa shape index (κ1) is 20.0. The van der Waals surface area contributed by atoms with E-state index in [0.29, 0.717) is 32.1 Å². The summed E-state index contributed by atoms with van der Waals surface area (Å²) in [4.78, 5) is 14.1. The quantitative estimate of drug-likeness (QED) is 0.463. The molecule has 1 amide bonds. The van der Waals surface area contributed by atoms with Gasteiger partial charge in [0.2, 0.25) is 5.91 Å². The number of amides is 1. The monoisotopic (exact) mass is 369 g/mol. The molecule has 1 aliphatic heterocycles. The number of ether oxygens (including phenoxy) is 3. The Morgan fingerprint density at radius 3 is 2.72 bits per heavy atom. The summed E-state index contributed by atoms with van der Waals surface area (Å²) in [7, 11) is 0. The first-order valence-electron chi connectivity index (χ1n) is 8.99. The molecule has 1 fully saturated rings. The van der Waals surface area contributed by atoms with Gasteiger partial charge in [-0.1, -0.05) is 38.3 Å². The van der Waals surface area contributed by atoms with Crippen LogP contribution in [-0.4, -0.2) is 44.4 Å². The summed E-state index contributed by atoms with van der Waals surface area (Å²) in [6.07, 6.45) is 4.11. The lowest BCUT2D eigenvalue weighted by Gasteiger charge is -2.28. The fraction of sp³-hybridized carbons (Fsp3) is 0.632. The fourth-order valence-electron chi connectivity index (χ4n) is 2.86. The largest absolute Gasteiger partial charge is 0.491 e. The van der Waals surface area contributed by atoms with Crippen LogP contribution in [0.2, 0.25) is 0 Å². The second-order valence-corrected chi connectivity index (χ2v) is 6.41. The molecule has 25 heavy (non-hydrogen) atoms. The molecule has 0 aromatic heterocycles. The SMILES string of the molecule is CCCCCCOc1cccc(C)c1N(CC1OCCO1)C(=O)CCl. The van der Waals surface area contributed by atoms with Crippen molar-refractivity contribution in [3.05, 3.63) is 23.8 Å². The molecule has 1 aromatic rings. The van der Waals surface area contributed by atoms with Gasteiger partial charge < -0.3 is 19.1 Å². The minimum absolute atomic E-state index is 0.100. The number of unbranched alkanes of at least 4 members (excludes halogenated alkanes) is 3. The molecule has 0 atom stereocenters. The smallest absolute Gasteiger partial charge is 0.242 e. The van der Waals surface area contributed by atoms with Crippen LogP contribution in [0.25, 0.3) is 0 Å². The minimum Gasteiger partial charge on any atom is -0.491 e. The van der Waals surface area contributed by atoms with Gasteiger partial charge in [0, 0.05) is 0 Å². The van der Waals surface area contributed by atoms with Crippen molar-refractivity contribution in [2.45, 2.75) is 45.8 Å². The second-order valence-electron chi connectivity index (χ2n) is 6.14. The third-order valence-corrected chi connectivity index (χ3v) is 4.39. The molecule has 0 bridgehead atoms. The first-order valence-corrected chi connectivity index (χ1v) is 9.52. The average molecular weight is 370 g/mol. The molecule has 2 rings (SSSR count). The lowest BCUT2D eigenvalue weighted by molar-refractivity contribution is -0.117. The Morgan fingerprint density at radius 1 is 1.28 bits per heavy atom. The predicted molar refractivity (Wildman–Crippen MR) is 99.6 cm³/mol. The van der Waals surface area contributed by atoms with Crippen LogP contribution < -0.4 is 9.64 Å². The third kappa shape index (κ3) is 5.87. The summed E-state index contributed by atoms with van der Waals surface area (Å²) in [6.45, 7) is 6.18. The highest BCUT2D eigenvalue weighted by Crippen LogP contribution is 2.33. The molecule has 1 aliphatic rings. The average Bonchev–Trinajstić information content (AvgIpc) is 3.13. The van der Waals surface area contributed by atoms with E-state index in [4.69, 9.17) is 25.8 Å². The number of rotatable bonds is 10. The predicted octanol–water partition coefficient (Wildman–Crippen LogP) is 3.90. The second kappa shape index (κ2) is 10.6. The summed E-state index contributed by atoms with van der Waals surface area (Å²) in [5.74, 6) is 0.413. The van der Waals surface area contributed by atoms with Gasteiger partial charge in [-0.2, -0.15) is 0 Å². The molecule has 140 valence electrons. The van der Waals surface area contributed by atoms with Crippen molar-refractivity contribution in [2.75, 3.05) is 37.1 Å². The molecule has 0 saturated carbocycles. The number of carbonyl (C=O) groups excluding carboxylic acids is 1. The van der Waals surface area contributed by atoms with E-state index in [0.717, 1.165) is 24.1 Å². The molecule has 1 heterocycles. The van der Waals surface area contributed by atoms with Gasteiger partial charge in [-0.15, -0.1) is 11.6 Å². The zero-order valence-electron chi connectivity index (χ0n) is 15.1. The molecule has 6 heteroatoms. The normalized spacial score (nSPS) is 14.7. The van der Waals surface area contributed by atoms with Crippen LogP contribution in [0.4, 0.5) is 5.69 Å². The molecule has 0 unspecified atom stereocenters. The molecule has 1 saturated heterocycles. The molecule has 5 nitrogen and oxygen atoms in total.